The number of nitrogens with one attached hydrogen (secondary N) is 1. The third kappa shape index (κ3) is 3.52. The maximum Gasteiger partial charge on any atom is 0.125 e. The highest BCUT2D eigenvalue weighted by atomic mass is 16.5. The van der Waals surface area contributed by atoms with Crippen LogP contribution in [0.4, 0.5) is 0 Å². The Labute approximate surface area is 149 Å². The molecule has 1 aliphatic rings. The standard InChI is InChI=1S/C22H24N2O/c1-22(2)15-20(24-12-10-16-7-4-3-5-8-16)18-14-19-17(9-6-11-23-19)13-21(18)25-22/h3-9,11,13-14,20,24H,10,12,15H2,1-2H3. The second-order valence-corrected chi connectivity index (χ2v) is 7.39. The molecule has 0 aliphatic carbocycles. The number of nitrogens with zero attached hydrogens (tertiary/aromatic N) is 1. The molecular weight excluding hydrogens is 308 g/mol. The highest BCUT2D eigenvalue weighted by molar-refractivity contribution is 5.81. The van der Waals surface area contributed by atoms with Crippen molar-refractivity contribution in [2.45, 2.75) is 38.3 Å². The van der Waals surface area contributed by atoms with Crippen LogP contribution in [-0.4, -0.2) is 17.1 Å². The number of benzene rings is 2. The topological polar surface area (TPSA) is 34.2 Å². The lowest BCUT2D eigenvalue weighted by Gasteiger charge is -2.38. The van der Waals surface area contributed by atoms with Gasteiger partial charge in [0.15, 0.2) is 0 Å². The zero-order valence-corrected chi connectivity index (χ0v) is 14.8. The lowest BCUT2D eigenvalue weighted by atomic mass is 9.89. The van der Waals surface area contributed by atoms with E-state index >= 15 is 0 Å². The molecule has 2 aromatic carbocycles. The summed E-state index contributed by atoms with van der Waals surface area (Å²) >= 11 is 0. The van der Waals surface area contributed by atoms with Crippen molar-refractivity contribution in [2.24, 2.45) is 0 Å². The van der Waals surface area contributed by atoms with Crippen LogP contribution in [0, 0.1) is 0 Å². The van der Waals surface area contributed by atoms with Crippen LogP contribution < -0.4 is 10.1 Å². The molecule has 1 atom stereocenters. The van der Waals surface area contributed by atoms with Gasteiger partial charge in [0.05, 0.1) is 5.52 Å². The predicted molar refractivity (Wildman–Crippen MR) is 102 cm³/mol. The summed E-state index contributed by atoms with van der Waals surface area (Å²) in [5.74, 6) is 0.981. The van der Waals surface area contributed by atoms with E-state index < -0.39 is 0 Å². The number of ether oxygens (including phenoxy) is 1. The summed E-state index contributed by atoms with van der Waals surface area (Å²) in [6.45, 7) is 5.27. The number of pyridine rings is 1. The molecule has 0 spiro atoms. The van der Waals surface area contributed by atoms with E-state index in [0.29, 0.717) is 0 Å². The molecule has 0 bridgehead atoms. The lowest BCUT2D eigenvalue weighted by Crippen LogP contribution is -2.40. The largest absolute Gasteiger partial charge is 0.487 e. The minimum Gasteiger partial charge on any atom is -0.487 e. The van der Waals surface area contributed by atoms with Gasteiger partial charge in [0.25, 0.3) is 0 Å². The van der Waals surface area contributed by atoms with Crippen LogP contribution >= 0.6 is 0 Å². The Morgan fingerprint density at radius 1 is 1.12 bits per heavy atom. The number of hydrogen-bond donors (Lipinski definition) is 1. The fourth-order valence-corrected chi connectivity index (χ4v) is 3.63. The lowest BCUT2D eigenvalue weighted by molar-refractivity contribution is 0.0664. The highest BCUT2D eigenvalue weighted by Crippen LogP contribution is 2.41. The van der Waals surface area contributed by atoms with Gasteiger partial charge in [-0.3, -0.25) is 4.98 Å². The van der Waals surface area contributed by atoms with Crippen molar-refractivity contribution in [1.82, 2.24) is 10.3 Å². The van der Waals surface area contributed by atoms with Gasteiger partial charge in [-0.05, 0) is 50.6 Å². The fourth-order valence-electron chi connectivity index (χ4n) is 3.63. The molecule has 3 aromatic rings. The third-order valence-electron chi connectivity index (χ3n) is 4.84. The molecule has 0 fully saturated rings. The molecule has 2 heterocycles. The van der Waals surface area contributed by atoms with Gasteiger partial charge in [-0.15, -0.1) is 0 Å². The van der Waals surface area contributed by atoms with E-state index in [0.717, 1.165) is 36.0 Å². The van der Waals surface area contributed by atoms with Gasteiger partial charge >= 0.3 is 0 Å². The van der Waals surface area contributed by atoms with Gasteiger partial charge in [0, 0.05) is 29.6 Å². The van der Waals surface area contributed by atoms with E-state index in [2.05, 4.69) is 72.7 Å². The van der Waals surface area contributed by atoms with Gasteiger partial charge in [-0.1, -0.05) is 36.4 Å². The van der Waals surface area contributed by atoms with Crippen LogP contribution in [0.2, 0.25) is 0 Å². The predicted octanol–water partition coefficient (Wildman–Crippen LogP) is 4.67. The maximum atomic E-state index is 6.25. The molecule has 1 aliphatic heterocycles. The Kier molecular flexibility index (Phi) is 4.18. The molecular formula is C22H24N2O. The summed E-state index contributed by atoms with van der Waals surface area (Å²) in [4.78, 5) is 4.50. The summed E-state index contributed by atoms with van der Waals surface area (Å²) in [6.07, 6.45) is 3.83. The first kappa shape index (κ1) is 16.1. The van der Waals surface area contributed by atoms with Crippen LogP contribution in [-0.2, 0) is 6.42 Å². The second-order valence-electron chi connectivity index (χ2n) is 7.39. The van der Waals surface area contributed by atoms with Gasteiger partial charge in [-0.25, -0.2) is 0 Å². The smallest absolute Gasteiger partial charge is 0.125 e. The molecule has 4 rings (SSSR count). The van der Waals surface area contributed by atoms with Crippen molar-refractivity contribution >= 4 is 10.9 Å². The van der Waals surface area contributed by atoms with Crippen LogP contribution in [0.5, 0.6) is 5.75 Å². The average Bonchev–Trinajstić information content (AvgIpc) is 2.60. The Balaban J connectivity index is 1.58. The summed E-state index contributed by atoms with van der Waals surface area (Å²) in [7, 11) is 0. The SMILES string of the molecule is CC1(C)CC(NCCc2ccccc2)c2cc3ncccc3cc2O1. The molecule has 25 heavy (non-hydrogen) atoms. The zero-order chi connectivity index (χ0) is 17.3. The maximum absolute atomic E-state index is 6.25. The Morgan fingerprint density at radius 3 is 2.80 bits per heavy atom. The van der Waals surface area contributed by atoms with Crippen LogP contribution in [0.25, 0.3) is 10.9 Å². The molecule has 128 valence electrons. The number of rotatable bonds is 4. The molecule has 3 heteroatoms. The normalized spacial score (nSPS) is 18.6. The minimum absolute atomic E-state index is 0.173. The summed E-state index contributed by atoms with van der Waals surface area (Å²) in [5, 5.41) is 4.87. The molecule has 0 saturated heterocycles. The van der Waals surface area contributed by atoms with E-state index in [-0.39, 0.29) is 11.6 Å². The van der Waals surface area contributed by atoms with Gasteiger partial charge in [0.1, 0.15) is 11.4 Å². The first-order valence-electron chi connectivity index (χ1n) is 8.96. The first-order chi connectivity index (χ1) is 12.1. The van der Waals surface area contributed by atoms with Gasteiger partial charge in [0.2, 0.25) is 0 Å². The Bertz CT molecular complexity index is 874. The van der Waals surface area contributed by atoms with Crippen molar-refractivity contribution in [2.75, 3.05) is 6.54 Å². The minimum atomic E-state index is -0.173. The van der Waals surface area contributed by atoms with Crippen molar-refractivity contribution in [3.63, 3.8) is 0 Å². The van der Waals surface area contributed by atoms with E-state index in [1.807, 2.05) is 12.3 Å². The van der Waals surface area contributed by atoms with Gasteiger partial charge in [-0.2, -0.15) is 0 Å². The molecule has 3 nitrogen and oxygen atoms in total. The van der Waals surface area contributed by atoms with E-state index in [4.69, 9.17) is 4.74 Å². The number of hydrogen-bond acceptors (Lipinski definition) is 3. The molecule has 1 unspecified atom stereocenters. The average molecular weight is 332 g/mol. The Hall–Kier alpha value is -2.39. The van der Waals surface area contributed by atoms with Crippen molar-refractivity contribution in [3.05, 3.63) is 71.9 Å². The molecule has 0 radical (unpaired) electrons. The summed E-state index contributed by atoms with van der Waals surface area (Å²) in [6, 6.07) is 19.3. The van der Waals surface area contributed by atoms with Crippen LogP contribution in [0.1, 0.15) is 37.4 Å². The molecule has 1 aromatic heterocycles. The third-order valence-corrected chi connectivity index (χ3v) is 4.84. The van der Waals surface area contributed by atoms with E-state index in [1.165, 1.54) is 11.1 Å². The van der Waals surface area contributed by atoms with E-state index in [1.54, 1.807) is 0 Å². The molecule has 1 N–H and O–H groups in total. The Morgan fingerprint density at radius 2 is 1.96 bits per heavy atom. The number of fused-ring (bicyclic) bond motifs is 2. The first-order valence-corrected chi connectivity index (χ1v) is 8.96. The summed E-state index contributed by atoms with van der Waals surface area (Å²) in [5.41, 5.74) is 3.44. The van der Waals surface area contributed by atoms with Crippen molar-refractivity contribution in [1.29, 1.82) is 0 Å². The van der Waals surface area contributed by atoms with Crippen LogP contribution in [0.15, 0.2) is 60.8 Å². The zero-order valence-electron chi connectivity index (χ0n) is 14.8. The summed E-state index contributed by atoms with van der Waals surface area (Å²) < 4.78 is 6.25. The fraction of sp³-hybridized carbons (Fsp3) is 0.318. The molecule has 0 amide bonds. The van der Waals surface area contributed by atoms with Gasteiger partial charge < -0.3 is 10.1 Å². The monoisotopic (exact) mass is 332 g/mol. The molecule has 0 saturated carbocycles. The second kappa shape index (κ2) is 6.49. The number of aromatic nitrogens is 1. The van der Waals surface area contributed by atoms with Crippen molar-refractivity contribution in [3.8, 4) is 5.75 Å². The quantitative estimate of drug-likeness (QED) is 0.754. The highest BCUT2D eigenvalue weighted by Gasteiger charge is 2.33. The van der Waals surface area contributed by atoms with E-state index in [9.17, 15) is 0 Å². The van der Waals surface area contributed by atoms with Crippen LogP contribution in [0.3, 0.4) is 0 Å². The van der Waals surface area contributed by atoms with Crippen molar-refractivity contribution < 1.29 is 4.74 Å².